The van der Waals surface area contributed by atoms with Gasteiger partial charge < -0.3 is 20.1 Å². The van der Waals surface area contributed by atoms with Crippen molar-refractivity contribution in [3.63, 3.8) is 0 Å². The van der Waals surface area contributed by atoms with Crippen LogP contribution < -0.4 is 15.2 Å². The minimum Gasteiger partial charge on any atom is -0.486 e. The number of likely N-dealkylation sites (tertiary alicyclic amines) is 1. The maximum atomic E-state index is 12.2. The number of fused-ring (bicyclic) bond motifs is 1. The van der Waals surface area contributed by atoms with E-state index in [9.17, 15) is 4.79 Å². The summed E-state index contributed by atoms with van der Waals surface area (Å²) in [6.45, 7) is 2.75. The van der Waals surface area contributed by atoms with E-state index in [1.54, 1.807) is 11.8 Å². The number of nitrogens with two attached hydrogens (primary N) is 1. The van der Waals surface area contributed by atoms with Crippen molar-refractivity contribution in [3.05, 3.63) is 18.2 Å². The minimum absolute atomic E-state index is 0.142. The summed E-state index contributed by atoms with van der Waals surface area (Å²) in [7, 11) is 0. The summed E-state index contributed by atoms with van der Waals surface area (Å²) < 4.78 is 11.1. The fraction of sp³-hybridized carbons (Fsp3) is 0.562. The first-order chi connectivity index (χ1) is 10.7. The van der Waals surface area contributed by atoms with Gasteiger partial charge in [-0.1, -0.05) is 0 Å². The van der Waals surface area contributed by atoms with E-state index in [0.717, 1.165) is 41.5 Å². The summed E-state index contributed by atoms with van der Waals surface area (Å²) in [4.78, 5) is 15.2. The number of rotatable bonds is 4. The molecular weight excluding hydrogens is 300 g/mol. The number of ether oxygens (including phenoxy) is 2. The number of piperidine rings is 1. The Kier molecular flexibility index (Phi) is 5.10. The molecule has 1 saturated heterocycles. The summed E-state index contributed by atoms with van der Waals surface area (Å²) in [6, 6.07) is 6.07. The van der Waals surface area contributed by atoms with Crippen LogP contribution in [0.2, 0.25) is 0 Å². The summed E-state index contributed by atoms with van der Waals surface area (Å²) in [6.07, 6.45) is 2.59. The van der Waals surface area contributed by atoms with Crippen LogP contribution in [0, 0.1) is 0 Å². The number of thioether (sulfide) groups is 1. The van der Waals surface area contributed by atoms with E-state index in [0.29, 0.717) is 26.2 Å². The molecule has 2 N–H and O–H groups in total. The third-order valence-corrected chi connectivity index (χ3v) is 4.90. The van der Waals surface area contributed by atoms with Gasteiger partial charge in [0, 0.05) is 36.2 Å². The molecule has 2 aliphatic rings. The molecule has 1 amide bonds. The molecule has 2 heterocycles. The van der Waals surface area contributed by atoms with E-state index in [2.05, 4.69) is 0 Å². The molecule has 0 spiro atoms. The van der Waals surface area contributed by atoms with Crippen LogP contribution in [-0.4, -0.2) is 48.9 Å². The normalized spacial score (nSPS) is 20.8. The molecule has 6 heteroatoms. The molecule has 1 fully saturated rings. The number of benzene rings is 1. The van der Waals surface area contributed by atoms with Gasteiger partial charge in [0.05, 0.1) is 0 Å². The molecule has 1 aromatic carbocycles. The number of hydrogen-bond donors (Lipinski definition) is 1. The molecular formula is C16H22N2O3S. The molecule has 120 valence electrons. The zero-order chi connectivity index (χ0) is 15.4. The number of nitrogens with zero attached hydrogens (tertiary/aromatic N) is 1. The van der Waals surface area contributed by atoms with Crippen molar-refractivity contribution >= 4 is 17.7 Å². The molecule has 0 aliphatic carbocycles. The average molecular weight is 322 g/mol. The molecule has 0 bridgehead atoms. The topological polar surface area (TPSA) is 64.8 Å². The second kappa shape index (κ2) is 7.24. The Labute approximate surface area is 135 Å². The zero-order valence-corrected chi connectivity index (χ0v) is 13.4. The summed E-state index contributed by atoms with van der Waals surface area (Å²) >= 11 is 1.67. The highest BCUT2D eigenvalue weighted by Gasteiger charge is 2.20. The van der Waals surface area contributed by atoms with E-state index in [-0.39, 0.29) is 11.9 Å². The first-order valence-electron chi connectivity index (χ1n) is 7.78. The van der Waals surface area contributed by atoms with Crippen molar-refractivity contribution in [2.75, 3.05) is 32.1 Å². The first kappa shape index (κ1) is 15.5. The van der Waals surface area contributed by atoms with Crippen LogP contribution in [-0.2, 0) is 4.79 Å². The standard InChI is InChI=1S/C16H22N2O3S/c17-12-2-1-6-18(11-12)16(19)5-9-22-13-3-4-14-15(10-13)21-8-7-20-14/h3-4,10,12H,1-2,5-9,11,17H2. The quantitative estimate of drug-likeness (QED) is 0.858. The SMILES string of the molecule is NC1CCCN(C(=O)CCSc2ccc3c(c2)OCCO3)C1. The van der Waals surface area contributed by atoms with Crippen LogP contribution in [0.5, 0.6) is 11.5 Å². The Morgan fingerprint density at radius 2 is 2.14 bits per heavy atom. The average Bonchev–Trinajstić information content (AvgIpc) is 2.54. The van der Waals surface area contributed by atoms with Gasteiger partial charge in [0.25, 0.3) is 0 Å². The van der Waals surface area contributed by atoms with Crippen molar-refractivity contribution in [1.29, 1.82) is 0 Å². The highest BCUT2D eigenvalue weighted by Crippen LogP contribution is 2.34. The van der Waals surface area contributed by atoms with Crippen molar-refractivity contribution in [2.24, 2.45) is 5.73 Å². The van der Waals surface area contributed by atoms with E-state index in [1.165, 1.54) is 0 Å². The second-order valence-electron chi connectivity index (χ2n) is 5.65. The van der Waals surface area contributed by atoms with Gasteiger partial charge in [-0.15, -0.1) is 11.8 Å². The summed E-state index contributed by atoms with van der Waals surface area (Å²) in [5.41, 5.74) is 5.92. The lowest BCUT2D eigenvalue weighted by Crippen LogP contribution is -2.45. The molecule has 1 aromatic rings. The molecule has 22 heavy (non-hydrogen) atoms. The number of carbonyl (C=O) groups is 1. The van der Waals surface area contributed by atoms with Gasteiger partial charge in [-0.2, -0.15) is 0 Å². The lowest BCUT2D eigenvalue weighted by atomic mass is 10.1. The molecule has 5 nitrogen and oxygen atoms in total. The maximum Gasteiger partial charge on any atom is 0.223 e. The van der Waals surface area contributed by atoms with Gasteiger partial charge in [-0.05, 0) is 31.0 Å². The second-order valence-corrected chi connectivity index (χ2v) is 6.81. The Hall–Kier alpha value is -1.40. The fourth-order valence-corrected chi connectivity index (χ4v) is 3.63. The van der Waals surface area contributed by atoms with Crippen LogP contribution in [0.15, 0.2) is 23.1 Å². The predicted molar refractivity (Wildman–Crippen MR) is 86.6 cm³/mol. The Balaban J connectivity index is 1.47. The minimum atomic E-state index is 0.142. The van der Waals surface area contributed by atoms with E-state index >= 15 is 0 Å². The molecule has 0 saturated carbocycles. The van der Waals surface area contributed by atoms with Crippen LogP contribution in [0.25, 0.3) is 0 Å². The highest BCUT2D eigenvalue weighted by molar-refractivity contribution is 7.99. The van der Waals surface area contributed by atoms with Crippen LogP contribution in [0.4, 0.5) is 0 Å². The molecule has 3 rings (SSSR count). The van der Waals surface area contributed by atoms with Crippen molar-refractivity contribution in [1.82, 2.24) is 4.90 Å². The molecule has 0 radical (unpaired) electrons. The van der Waals surface area contributed by atoms with Crippen molar-refractivity contribution < 1.29 is 14.3 Å². The molecule has 2 aliphatic heterocycles. The maximum absolute atomic E-state index is 12.2. The van der Waals surface area contributed by atoms with Gasteiger partial charge in [-0.25, -0.2) is 0 Å². The van der Waals surface area contributed by atoms with Crippen molar-refractivity contribution in [2.45, 2.75) is 30.2 Å². The third kappa shape index (κ3) is 3.87. The first-order valence-corrected chi connectivity index (χ1v) is 8.77. The molecule has 1 unspecified atom stereocenters. The van der Waals surface area contributed by atoms with E-state index in [1.807, 2.05) is 23.1 Å². The lowest BCUT2D eigenvalue weighted by molar-refractivity contribution is -0.131. The Morgan fingerprint density at radius 3 is 2.95 bits per heavy atom. The van der Waals surface area contributed by atoms with Gasteiger partial charge in [0.2, 0.25) is 5.91 Å². The Bertz CT molecular complexity index is 538. The van der Waals surface area contributed by atoms with Crippen LogP contribution in [0.3, 0.4) is 0 Å². The Morgan fingerprint density at radius 1 is 1.32 bits per heavy atom. The monoisotopic (exact) mass is 322 g/mol. The lowest BCUT2D eigenvalue weighted by Gasteiger charge is -2.30. The van der Waals surface area contributed by atoms with E-state index in [4.69, 9.17) is 15.2 Å². The largest absolute Gasteiger partial charge is 0.486 e. The van der Waals surface area contributed by atoms with Gasteiger partial charge in [0.1, 0.15) is 13.2 Å². The molecule has 0 aromatic heterocycles. The number of amides is 1. The van der Waals surface area contributed by atoms with Gasteiger partial charge in [0.15, 0.2) is 11.5 Å². The summed E-state index contributed by atoms with van der Waals surface area (Å²) in [5, 5.41) is 0. The number of hydrogen-bond acceptors (Lipinski definition) is 5. The molecule has 1 atom stereocenters. The smallest absolute Gasteiger partial charge is 0.223 e. The number of carbonyl (C=O) groups excluding carboxylic acids is 1. The fourth-order valence-electron chi connectivity index (χ4n) is 2.76. The van der Waals surface area contributed by atoms with Crippen LogP contribution >= 0.6 is 11.8 Å². The van der Waals surface area contributed by atoms with Crippen molar-refractivity contribution in [3.8, 4) is 11.5 Å². The summed E-state index contributed by atoms with van der Waals surface area (Å²) in [5.74, 6) is 2.57. The van der Waals surface area contributed by atoms with E-state index < -0.39 is 0 Å². The van der Waals surface area contributed by atoms with Crippen LogP contribution in [0.1, 0.15) is 19.3 Å². The highest BCUT2D eigenvalue weighted by atomic mass is 32.2. The zero-order valence-electron chi connectivity index (χ0n) is 12.6. The predicted octanol–water partition coefficient (Wildman–Crippen LogP) is 1.89. The third-order valence-electron chi connectivity index (χ3n) is 3.91. The van der Waals surface area contributed by atoms with Gasteiger partial charge >= 0.3 is 0 Å². The van der Waals surface area contributed by atoms with Gasteiger partial charge in [-0.3, -0.25) is 4.79 Å².